The Bertz CT molecular complexity index is 1140. The van der Waals surface area contributed by atoms with Crippen molar-refractivity contribution in [2.75, 3.05) is 13.2 Å². The monoisotopic (exact) mass is 413 g/mol. The van der Waals surface area contributed by atoms with Crippen LogP contribution in [0.1, 0.15) is 54.7 Å². The fraction of sp³-hybridized carbons (Fsp3) is 0.500. The molecule has 2 heterocycles. The molecule has 0 saturated carbocycles. The van der Waals surface area contributed by atoms with Crippen molar-refractivity contribution in [1.82, 2.24) is 5.32 Å². The molecule has 0 bridgehead atoms. The lowest BCUT2D eigenvalue weighted by Crippen LogP contribution is -2.26. The van der Waals surface area contributed by atoms with E-state index in [0.29, 0.717) is 30.7 Å². The molecule has 1 amide bonds. The van der Waals surface area contributed by atoms with E-state index in [0.717, 1.165) is 45.2 Å². The maximum atomic E-state index is 12.6. The molecule has 30 heavy (non-hydrogen) atoms. The first-order chi connectivity index (χ1) is 14.2. The summed E-state index contributed by atoms with van der Waals surface area (Å²) in [7, 11) is 0. The molecule has 0 fully saturated rings. The first-order valence-electron chi connectivity index (χ1n) is 10.5. The molecular weight excluding hydrogens is 382 g/mol. The third kappa shape index (κ3) is 4.43. The van der Waals surface area contributed by atoms with Gasteiger partial charge in [-0.3, -0.25) is 4.79 Å². The fourth-order valence-electron chi connectivity index (χ4n) is 3.73. The van der Waals surface area contributed by atoms with Crippen molar-refractivity contribution < 1.29 is 18.4 Å². The van der Waals surface area contributed by atoms with Crippen LogP contribution in [-0.2, 0) is 16.0 Å². The van der Waals surface area contributed by atoms with Gasteiger partial charge in [-0.05, 0) is 71.6 Å². The van der Waals surface area contributed by atoms with Crippen LogP contribution in [0.25, 0.3) is 21.9 Å². The van der Waals surface area contributed by atoms with E-state index in [2.05, 4.69) is 5.32 Å². The van der Waals surface area contributed by atoms with Crippen molar-refractivity contribution in [3.05, 3.63) is 44.5 Å². The maximum absolute atomic E-state index is 12.6. The molecule has 0 saturated heterocycles. The minimum atomic E-state index is -0.388. The zero-order chi connectivity index (χ0) is 22.0. The topological polar surface area (TPSA) is 81.7 Å². The van der Waals surface area contributed by atoms with Gasteiger partial charge < -0.3 is 18.9 Å². The van der Waals surface area contributed by atoms with E-state index in [1.165, 1.54) is 0 Å². The highest BCUT2D eigenvalue weighted by atomic mass is 16.5. The Morgan fingerprint density at radius 2 is 1.70 bits per heavy atom. The van der Waals surface area contributed by atoms with Gasteiger partial charge in [0.1, 0.15) is 16.9 Å². The molecule has 6 nitrogen and oxygen atoms in total. The Morgan fingerprint density at radius 3 is 2.40 bits per heavy atom. The van der Waals surface area contributed by atoms with Crippen molar-refractivity contribution in [3.8, 4) is 0 Å². The highest BCUT2D eigenvalue weighted by Gasteiger charge is 2.19. The van der Waals surface area contributed by atoms with Crippen molar-refractivity contribution >= 4 is 27.8 Å². The van der Waals surface area contributed by atoms with Crippen LogP contribution in [0.15, 0.2) is 19.7 Å². The highest BCUT2D eigenvalue weighted by Crippen LogP contribution is 2.34. The Balaban J connectivity index is 1.78. The Kier molecular flexibility index (Phi) is 6.66. The molecule has 0 unspecified atom stereocenters. The van der Waals surface area contributed by atoms with Crippen molar-refractivity contribution in [2.24, 2.45) is 0 Å². The molecule has 0 spiro atoms. The second-order valence-corrected chi connectivity index (χ2v) is 8.15. The number of carbonyl (C=O) groups is 1. The summed E-state index contributed by atoms with van der Waals surface area (Å²) in [6.07, 6.45) is 1.54. The van der Waals surface area contributed by atoms with E-state index in [1.54, 1.807) is 0 Å². The van der Waals surface area contributed by atoms with Crippen LogP contribution in [0.2, 0.25) is 0 Å². The average molecular weight is 414 g/mol. The molecule has 6 heteroatoms. The van der Waals surface area contributed by atoms with Crippen LogP contribution in [0.5, 0.6) is 0 Å². The molecule has 0 aliphatic heterocycles. The molecule has 3 rings (SSSR count). The third-order valence-corrected chi connectivity index (χ3v) is 5.64. The van der Waals surface area contributed by atoms with E-state index < -0.39 is 0 Å². The summed E-state index contributed by atoms with van der Waals surface area (Å²) in [4.78, 5) is 24.8. The van der Waals surface area contributed by atoms with Gasteiger partial charge >= 0.3 is 5.63 Å². The van der Waals surface area contributed by atoms with Crippen molar-refractivity contribution in [2.45, 2.75) is 66.9 Å². The normalized spacial score (nSPS) is 11.7. The SMILES string of the molecule is Cc1oc2c(C)c3oc(=O)c(CCC(=O)NCCCOC(C)C)c(C)c3cc2c1C. The number of hydrogen-bond acceptors (Lipinski definition) is 5. The van der Waals surface area contributed by atoms with Gasteiger partial charge in [-0.25, -0.2) is 4.79 Å². The van der Waals surface area contributed by atoms with Crippen LogP contribution >= 0.6 is 0 Å². The van der Waals surface area contributed by atoms with Gasteiger partial charge in [0, 0.05) is 41.5 Å². The van der Waals surface area contributed by atoms with Gasteiger partial charge in [-0.15, -0.1) is 0 Å². The summed E-state index contributed by atoms with van der Waals surface area (Å²) in [5, 5.41) is 4.80. The number of nitrogens with one attached hydrogen (secondary N) is 1. The maximum Gasteiger partial charge on any atom is 0.339 e. The molecule has 0 atom stereocenters. The fourth-order valence-corrected chi connectivity index (χ4v) is 3.73. The van der Waals surface area contributed by atoms with E-state index in [4.69, 9.17) is 13.6 Å². The van der Waals surface area contributed by atoms with Crippen LogP contribution < -0.4 is 10.9 Å². The molecule has 0 aliphatic rings. The molecular formula is C24H31NO5. The Labute approximate surface area is 176 Å². The van der Waals surface area contributed by atoms with Crippen LogP contribution in [0.4, 0.5) is 0 Å². The Morgan fingerprint density at radius 1 is 1.03 bits per heavy atom. The minimum Gasteiger partial charge on any atom is -0.461 e. The molecule has 1 N–H and O–H groups in total. The van der Waals surface area contributed by atoms with Crippen LogP contribution in [0.3, 0.4) is 0 Å². The van der Waals surface area contributed by atoms with E-state index >= 15 is 0 Å². The first kappa shape index (κ1) is 22.1. The number of benzene rings is 1. The van der Waals surface area contributed by atoms with Crippen LogP contribution in [0, 0.1) is 27.7 Å². The van der Waals surface area contributed by atoms with Gasteiger partial charge in [0.15, 0.2) is 0 Å². The predicted molar refractivity (Wildman–Crippen MR) is 118 cm³/mol. The first-order valence-corrected chi connectivity index (χ1v) is 10.5. The summed E-state index contributed by atoms with van der Waals surface area (Å²) in [6, 6.07) is 2.03. The highest BCUT2D eigenvalue weighted by molar-refractivity contribution is 6.00. The summed E-state index contributed by atoms with van der Waals surface area (Å²) >= 11 is 0. The zero-order valence-corrected chi connectivity index (χ0v) is 18.7. The molecule has 1 aromatic carbocycles. The van der Waals surface area contributed by atoms with Crippen LogP contribution in [-0.4, -0.2) is 25.2 Å². The number of hydrogen-bond donors (Lipinski definition) is 1. The van der Waals surface area contributed by atoms with Gasteiger partial charge in [-0.2, -0.15) is 0 Å². The third-order valence-electron chi connectivity index (χ3n) is 5.64. The van der Waals surface area contributed by atoms with E-state index in [-0.39, 0.29) is 24.1 Å². The molecule has 2 aromatic heterocycles. The van der Waals surface area contributed by atoms with E-state index in [1.807, 2.05) is 47.6 Å². The summed E-state index contributed by atoms with van der Waals surface area (Å²) in [5.74, 6) is 0.783. The van der Waals surface area contributed by atoms with E-state index in [9.17, 15) is 9.59 Å². The van der Waals surface area contributed by atoms with Gasteiger partial charge in [0.2, 0.25) is 5.91 Å². The molecule has 162 valence electrons. The average Bonchev–Trinajstić information content (AvgIpc) is 2.97. The number of ether oxygens (including phenoxy) is 1. The van der Waals surface area contributed by atoms with Gasteiger partial charge in [0.25, 0.3) is 0 Å². The Hall–Kier alpha value is -2.60. The number of amides is 1. The quantitative estimate of drug-likeness (QED) is 0.430. The lowest BCUT2D eigenvalue weighted by molar-refractivity contribution is -0.121. The smallest absolute Gasteiger partial charge is 0.339 e. The lowest BCUT2D eigenvalue weighted by Gasteiger charge is -2.11. The van der Waals surface area contributed by atoms with Gasteiger partial charge in [0.05, 0.1) is 6.10 Å². The van der Waals surface area contributed by atoms with Crippen molar-refractivity contribution in [1.29, 1.82) is 0 Å². The molecule has 0 aliphatic carbocycles. The minimum absolute atomic E-state index is 0.0774. The second kappa shape index (κ2) is 9.04. The summed E-state index contributed by atoms with van der Waals surface area (Å²) in [5.41, 5.74) is 4.25. The van der Waals surface area contributed by atoms with Gasteiger partial charge in [-0.1, -0.05) is 0 Å². The predicted octanol–water partition coefficient (Wildman–Crippen LogP) is 4.64. The number of aryl methyl sites for hydroxylation is 4. The lowest BCUT2D eigenvalue weighted by atomic mass is 9.98. The summed E-state index contributed by atoms with van der Waals surface area (Å²) < 4.78 is 17.0. The van der Waals surface area contributed by atoms with Crippen molar-refractivity contribution in [3.63, 3.8) is 0 Å². The number of fused-ring (bicyclic) bond motifs is 2. The second-order valence-electron chi connectivity index (χ2n) is 8.15. The molecule has 3 aromatic rings. The molecule has 0 radical (unpaired) electrons. The number of rotatable bonds is 8. The number of furan rings is 1. The zero-order valence-electron chi connectivity index (χ0n) is 18.7. The standard InChI is InChI=1S/C24H31NO5/c1-13(2)28-11-7-10-25-21(26)9-8-18-15(4)20-12-19-14(3)17(6)29-22(19)16(5)23(20)30-24(18)27/h12-13H,7-11H2,1-6H3,(H,25,26). The largest absolute Gasteiger partial charge is 0.461 e. The summed E-state index contributed by atoms with van der Waals surface area (Å²) in [6.45, 7) is 12.9. The number of carbonyl (C=O) groups excluding carboxylic acids is 1.